The highest BCUT2D eigenvalue weighted by molar-refractivity contribution is 7.21. The first-order valence-electron chi connectivity index (χ1n) is 7.36. The van der Waals surface area contributed by atoms with Crippen LogP contribution in [-0.4, -0.2) is 25.2 Å². The minimum absolute atomic E-state index is 0.0599. The van der Waals surface area contributed by atoms with Gasteiger partial charge in [-0.25, -0.2) is 0 Å². The normalized spacial score (nSPS) is 10.9. The molecule has 0 spiro atoms. The van der Waals surface area contributed by atoms with Crippen molar-refractivity contribution >= 4 is 33.2 Å². The zero-order valence-electron chi connectivity index (χ0n) is 13.4. The lowest BCUT2D eigenvalue weighted by atomic mass is 10.1. The number of thiazole rings is 1. The van der Waals surface area contributed by atoms with E-state index in [1.165, 1.54) is 11.3 Å². The van der Waals surface area contributed by atoms with Crippen molar-refractivity contribution in [2.45, 2.75) is 6.42 Å². The molecule has 1 aromatic heterocycles. The SMILES string of the molecule is CN(C)c1ccc(-c2sc3cc(CC(=O)O)ccc3[n+]2C)cc1. The molecule has 0 aliphatic carbocycles. The molecule has 1 N–H and O–H groups in total. The summed E-state index contributed by atoms with van der Waals surface area (Å²) in [4.78, 5) is 13.0. The lowest BCUT2D eigenvalue weighted by molar-refractivity contribution is -0.629. The largest absolute Gasteiger partial charge is 0.481 e. The summed E-state index contributed by atoms with van der Waals surface area (Å²) in [5.41, 5.74) is 4.29. The molecule has 0 saturated heterocycles. The molecule has 118 valence electrons. The summed E-state index contributed by atoms with van der Waals surface area (Å²) in [6.45, 7) is 0. The maximum absolute atomic E-state index is 10.9. The smallest absolute Gasteiger partial charge is 0.307 e. The summed E-state index contributed by atoms with van der Waals surface area (Å²) >= 11 is 1.69. The molecule has 0 aliphatic heterocycles. The van der Waals surface area contributed by atoms with E-state index in [0.717, 1.165) is 20.8 Å². The summed E-state index contributed by atoms with van der Waals surface area (Å²) in [5, 5.41) is 10.1. The lowest BCUT2D eigenvalue weighted by Gasteiger charge is -2.11. The van der Waals surface area contributed by atoms with E-state index in [1.807, 2.05) is 39.3 Å². The van der Waals surface area contributed by atoms with E-state index in [9.17, 15) is 4.79 Å². The molecule has 5 heteroatoms. The number of hydrogen-bond donors (Lipinski definition) is 1. The first kappa shape index (κ1) is 15.5. The van der Waals surface area contributed by atoms with Crippen LogP contribution < -0.4 is 9.47 Å². The number of carboxylic acids is 1. The highest BCUT2D eigenvalue weighted by atomic mass is 32.1. The van der Waals surface area contributed by atoms with Crippen LogP contribution in [-0.2, 0) is 18.3 Å². The first-order chi connectivity index (χ1) is 11.0. The summed E-state index contributed by atoms with van der Waals surface area (Å²) in [6.07, 6.45) is 0.0599. The average Bonchev–Trinajstić information content (AvgIpc) is 2.83. The molecule has 0 amide bonds. The van der Waals surface area contributed by atoms with Crippen molar-refractivity contribution in [2.75, 3.05) is 19.0 Å². The van der Waals surface area contributed by atoms with Gasteiger partial charge in [0.1, 0.15) is 11.7 Å². The van der Waals surface area contributed by atoms with E-state index in [4.69, 9.17) is 5.11 Å². The Hall–Kier alpha value is -2.40. The number of aryl methyl sites for hydroxylation is 1. The van der Waals surface area contributed by atoms with Gasteiger partial charge in [0.2, 0.25) is 5.52 Å². The maximum Gasteiger partial charge on any atom is 0.307 e. The number of nitrogens with zero attached hydrogens (tertiary/aromatic N) is 2. The number of carboxylic acid groups (broad SMARTS) is 1. The zero-order chi connectivity index (χ0) is 16.6. The molecule has 0 saturated carbocycles. The molecule has 0 bridgehead atoms. The van der Waals surface area contributed by atoms with Crippen molar-refractivity contribution in [2.24, 2.45) is 7.05 Å². The Balaban J connectivity index is 2.03. The Kier molecular flexibility index (Phi) is 4.05. The third-order valence-electron chi connectivity index (χ3n) is 3.88. The summed E-state index contributed by atoms with van der Waals surface area (Å²) in [6, 6.07) is 14.3. The van der Waals surface area contributed by atoms with E-state index in [-0.39, 0.29) is 6.42 Å². The summed E-state index contributed by atoms with van der Waals surface area (Å²) in [5.74, 6) is -0.801. The number of rotatable bonds is 4. The predicted molar refractivity (Wildman–Crippen MR) is 94.1 cm³/mol. The Morgan fingerprint density at radius 3 is 2.48 bits per heavy atom. The van der Waals surface area contributed by atoms with E-state index in [0.29, 0.717) is 0 Å². The Bertz CT molecular complexity index is 867. The third-order valence-corrected chi connectivity index (χ3v) is 5.13. The predicted octanol–water partition coefficient (Wildman–Crippen LogP) is 3.09. The van der Waals surface area contributed by atoms with Crippen molar-refractivity contribution in [3.63, 3.8) is 0 Å². The molecule has 0 unspecified atom stereocenters. The molecule has 3 aromatic rings. The molecule has 0 atom stereocenters. The number of aliphatic carboxylic acids is 1. The standard InChI is InChI=1S/C18H18N2O2S/c1-19(2)14-7-5-13(6-8-14)18-20(3)15-9-4-12(11-17(21)22)10-16(15)23-18/h4-10H,11H2,1-3H3/p+1. The summed E-state index contributed by atoms with van der Waals surface area (Å²) in [7, 11) is 6.10. The van der Waals surface area contributed by atoms with Crippen LogP contribution in [0, 0.1) is 0 Å². The van der Waals surface area contributed by atoms with Crippen molar-refractivity contribution in [3.05, 3.63) is 48.0 Å². The van der Waals surface area contributed by atoms with Crippen LogP contribution in [0.5, 0.6) is 0 Å². The van der Waals surface area contributed by atoms with Gasteiger partial charge in [-0.3, -0.25) is 4.79 Å². The number of aromatic nitrogens is 1. The number of benzene rings is 2. The van der Waals surface area contributed by atoms with Gasteiger partial charge in [-0.2, -0.15) is 4.57 Å². The molecule has 3 rings (SSSR count). The van der Waals surface area contributed by atoms with Crippen LogP contribution in [0.4, 0.5) is 5.69 Å². The topological polar surface area (TPSA) is 44.4 Å². The van der Waals surface area contributed by atoms with E-state index in [1.54, 1.807) is 11.3 Å². The van der Waals surface area contributed by atoms with Crippen molar-refractivity contribution in [3.8, 4) is 10.6 Å². The molecule has 0 radical (unpaired) electrons. The van der Waals surface area contributed by atoms with Gasteiger partial charge in [0.05, 0.1) is 12.0 Å². The Labute approximate surface area is 139 Å². The van der Waals surface area contributed by atoms with E-state index >= 15 is 0 Å². The van der Waals surface area contributed by atoms with Gasteiger partial charge < -0.3 is 10.0 Å². The summed E-state index contributed by atoms with van der Waals surface area (Å²) < 4.78 is 3.27. The van der Waals surface area contributed by atoms with Crippen molar-refractivity contribution in [1.82, 2.24) is 0 Å². The van der Waals surface area contributed by atoms with Gasteiger partial charge >= 0.3 is 5.97 Å². The second kappa shape index (κ2) is 6.01. The Morgan fingerprint density at radius 2 is 1.87 bits per heavy atom. The first-order valence-corrected chi connectivity index (χ1v) is 8.18. The molecule has 4 nitrogen and oxygen atoms in total. The van der Waals surface area contributed by atoms with E-state index < -0.39 is 5.97 Å². The van der Waals surface area contributed by atoms with Gasteiger partial charge in [-0.15, -0.1) is 0 Å². The molecule has 2 aromatic carbocycles. The van der Waals surface area contributed by atoms with Gasteiger partial charge in [-0.1, -0.05) is 17.4 Å². The highest BCUT2D eigenvalue weighted by Crippen LogP contribution is 2.30. The molecule has 1 heterocycles. The number of fused-ring (bicyclic) bond motifs is 1. The van der Waals surface area contributed by atoms with Crippen LogP contribution in [0.3, 0.4) is 0 Å². The Morgan fingerprint density at radius 1 is 1.17 bits per heavy atom. The van der Waals surface area contributed by atoms with Crippen LogP contribution in [0.15, 0.2) is 42.5 Å². The molecule has 23 heavy (non-hydrogen) atoms. The van der Waals surface area contributed by atoms with Crippen LogP contribution >= 0.6 is 11.3 Å². The van der Waals surface area contributed by atoms with Gasteiger partial charge in [0, 0.05) is 25.8 Å². The van der Waals surface area contributed by atoms with Crippen LogP contribution in [0.1, 0.15) is 5.56 Å². The minimum Gasteiger partial charge on any atom is -0.481 e. The highest BCUT2D eigenvalue weighted by Gasteiger charge is 2.19. The van der Waals surface area contributed by atoms with Crippen LogP contribution in [0.2, 0.25) is 0 Å². The monoisotopic (exact) mass is 327 g/mol. The van der Waals surface area contributed by atoms with E-state index in [2.05, 4.69) is 33.7 Å². The van der Waals surface area contributed by atoms with Gasteiger partial charge in [0.25, 0.3) is 5.01 Å². The quantitative estimate of drug-likeness (QED) is 0.749. The number of carbonyl (C=O) groups is 1. The second-order valence-electron chi connectivity index (χ2n) is 5.78. The number of anilines is 1. The maximum atomic E-state index is 10.9. The van der Waals surface area contributed by atoms with Crippen LogP contribution in [0.25, 0.3) is 20.8 Å². The average molecular weight is 327 g/mol. The molecular weight excluding hydrogens is 308 g/mol. The fraction of sp³-hybridized carbons (Fsp3) is 0.222. The second-order valence-corrected chi connectivity index (χ2v) is 6.81. The fourth-order valence-electron chi connectivity index (χ4n) is 2.64. The molecule has 0 aliphatic rings. The number of hydrogen-bond acceptors (Lipinski definition) is 3. The third kappa shape index (κ3) is 3.05. The van der Waals surface area contributed by atoms with Crippen molar-refractivity contribution in [1.29, 1.82) is 0 Å². The fourth-order valence-corrected chi connectivity index (χ4v) is 3.86. The van der Waals surface area contributed by atoms with Gasteiger partial charge in [0.15, 0.2) is 0 Å². The minimum atomic E-state index is -0.801. The molecule has 0 fully saturated rings. The molecular formula is C18H19N2O2S+. The van der Waals surface area contributed by atoms with Gasteiger partial charge in [-0.05, 0) is 35.9 Å². The zero-order valence-corrected chi connectivity index (χ0v) is 14.2. The lowest BCUT2D eigenvalue weighted by Crippen LogP contribution is -2.28. The van der Waals surface area contributed by atoms with Crippen molar-refractivity contribution < 1.29 is 14.5 Å².